The number of nitrogens with zero attached hydrogens (tertiary/aromatic N) is 7. The first-order valence-corrected chi connectivity index (χ1v) is 19.1. The largest absolute Gasteiger partial charge is 0.399 e. The van der Waals surface area contributed by atoms with Gasteiger partial charge in [0.15, 0.2) is 0 Å². The molecule has 19 heteroatoms. The summed E-state index contributed by atoms with van der Waals surface area (Å²) in [6.07, 6.45) is 0. The maximum Gasteiger partial charge on any atom is 0.269 e. The average molecular weight is 839 g/mol. The Labute approximate surface area is 331 Å². The van der Waals surface area contributed by atoms with Crippen LogP contribution in [0.3, 0.4) is 0 Å². The number of halogens is 1. The Morgan fingerprint density at radius 3 is 1.55 bits per heavy atom. The lowest BCUT2D eigenvalue weighted by Gasteiger charge is -2.32. The van der Waals surface area contributed by atoms with E-state index in [-0.39, 0.29) is 5.69 Å². The molecule has 3 saturated heterocycles. The quantitative estimate of drug-likeness (QED) is 0.0677. The van der Waals surface area contributed by atoms with Crippen molar-refractivity contribution in [3.8, 4) is 0 Å². The van der Waals surface area contributed by atoms with Crippen LogP contribution in [0.25, 0.3) is 0 Å². The van der Waals surface area contributed by atoms with Crippen molar-refractivity contribution in [3.63, 3.8) is 0 Å². The second-order valence-corrected chi connectivity index (χ2v) is 13.9. The number of non-ortho nitro benzene ring substituents is 1. The first kappa shape index (κ1) is 46.0. The molecule has 0 saturated carbocycles. The molecular weight excluding hydrogens is 782 g/mol. The van der Waals surface area contributed by atoms with Crippen LogP contribution in [-0.2, 0) is 43.5 Å². The molecule has 3 aromatic carbocycles. The summed E-state index contributed by atoms with van der Waals surface area (Å²) < 4.78 is 0. The van der Waals surface area contributed by atoms with Crippen molar-refractivity contribution < 1.29 is 40.5 Å². The van der Waals surface area contributed by atoms with E-state index in [4.69, 9.17) is 16.2 Å². The molecule has 0 spiro atoms. The van der Waals surface area contributed by atoms with Crippen LogP contribution in [0.1, 0.15) is 16.7 Å². The summed E-state index contributed by atoms with van der Waals surface area (Å²) in [5.41, 5.74) is 10.5. The van der Waals surface area contributed by atoms with Crippen LogP contribution >= 0.6 is 15.9 Å². The normalized spacial score (nSPS) is 17.1. The third kappa shape index (κ3) is 18.9. The molecule has 6 rings (SSSR count). The molecule has 0 radical (unpaired) electrons. The Bertz CT molecular complexity index is 1440. The Kier molecular flexibility index (Phi) is 22.1. The van der Waals surface area contributed by atoms with Crippen molar-refractivity contribution in [1.29, 1.82) is 0 Å². The van der Waals surface area contributed by atoms with E-state index in [0.29, 0.717) is 10.9 Å². The number of nitro groups is 1. The standard InChI is InChI=1S/C12H19N3O7.C12H19N3.C7H6BrNO2.C5H12N2/c1-13-6-8-14(9-7-13)10-11-2-4-12(5-3-11)15(18-20-16)19-22-21-17;1-14-6-8-15(9-7-14)10-11-2-4-12(13)5-3-11;8-5-6-1-3-7(4-2-6)9(10)11;1-7-4-2-6-3-5-7/h2-5,16-17H,6-10H2,1H3;2-5H,6-10,13H2,1H3;1-4H,5H2;6H,2-5H2,1H3. The number of nitrogens with one attached hydrogen (secondary N) is 1. The number of piperazine rings is 3. The number of hydrogen-bond acceptors (Lipinski definition) is 17. The van der Waals surface area contributed by atoms with Crippen LogP contribution in [0.5, 0.6) is 0 Å². The Morgan fingerprint density at radius 1 is 0.691 bits per heavy atom. The van der Waals surface area contributed by atoms with Gasteiger partial charge in [-0.05, 0) is 82.2 Å². The summed E-state index contributed by atoms with van der Waals surface area (Å²) in [6, 6.07) is 21.7. The minimum absolute atomic E-state index is 0.134. The topological polar surface area (TPSA) is 187 Å². The van der Waals surface area contributed by atoms with E-state index in [1.54, 1.807) is 24.3 Å². The van der Waals surface area contributed by atoms with Crippen molar-refractivity contribution in [1.82, 2.24) is 29.8 Å². The van der Waals surface area contributed by atoms with Gasteiger partial charge in [0.2, 0.25) is 0 Å². The minimum Gasteiger partial charge on any atom is -0.399 e. The van der Waals surface area contributed by atoms with Gasteiger partial charge in [-0.1, -0.05) is 62.5 Å². The molecule has 0 amide bonds. The van der Waals surface area contributed by atoms with Crippen LogP contribution < -0.4 is 16.3 Å². The molecule has 306 valence electrons. The molecule has 0 aromatic heterocycles. The van der Waals surface area contributed by atoms with Gasteiger partial charge in [-0.25, -0.2) is 10.5 Å². The summed E-state index contributed by atoms with van der Waals surface area (Å²) in [7, 11) is 6.45. The fraction of sp³-hybridized carbons (Fsp3) is 0.500. The van der Waals surface area contributed by atoms with E-state index >= 15 is 0 Å². The van der Waals surface area contributed by atoms with E-state index < -0.39 is 4.92 Å². The molecule has 3 aliphatic heterocycles. The summed E-state index contributed by atoms with van der Waals surface area (Å²) in [6.45, 7) is 15.5. The number of likely N-dealkylation sites (N-methyl/N-ethyl adjacent to an activating group) is 3. The number of anilines is 2. The molecule has 5 N–H and O–H groups in total. The molecule has 3 aromatic rings. The maximum absolute atomic E-state index is 10.2. The van der Waals surface area contributed by atoms with Gasteiger partial charge in [0.1, 0.15) is 5.69 Å². The lowest BCUT2D eigenvalue weighted by Crippen LogP contribution is -2.43. The molecule has 0 bridgehead atoms. The lowest BCUT2D eigenvalue weighted by atomic mass is 10.2. The number of nitrogens with two attached hydrogens (primary N) is 1. The maximum atomic E-state index is 10.2. The van der Waals surface area contributed by atoms with Crippen LogP contribution in [0.15, 0.2) is 72.8 Å². The summed E-state index contributed by atoms with van der Waals surface area (Å²) >= 11 is 3.25. The number of alkyl halides is 1. The van der Waals surface area contributed by atoms with Gasteiger partial charge in [-0.3, -0.25) is 19.9 Å². The second kappa shape index (κ2) is 26.5. The van der Waals surface area contributed by atoms with Crippen molar-refractivity contribution in [2.24, 2.45) is 0 Å². The zero-order chi connectivity index (χ0) is 39.8. The smallest absolute Gasteiger partial charge is 0.269 e. The molecule has 3 heterocycles. The number of hydrogen-bond donors (Lipinski definition) is 4. The number of benzene rings is 3. The van der Waals surface area contributed by atoms with Crippen LogP contribution in [0, 0.1) is 10.1 Å². The van der Waals surface area contributed by atoms with E-state index in [1.807, 2.05) is 24.3 Å². The first-order valence-electron chi connectivity index (χ1n) is 18.0. The highest BCUT2D eigenvalue weighted by Crippen LogP contribution is 2.18. The Morgan fingerprint density at radius 2 is 1.15 bits per heavy atom. The highest BCUT2D eigenvalue weighted by molar-refractivity contribution is 9.08. The highest BCUT2D eigenvalue weighted by atomic mass is 79.9. The van der Waals surface area contributed by atoms with Crippen LogP contribution in [-0.4, -0.2) is 140 Å². The predicted molar refractivity (Wildman–Crippen MR) is 212 cm³/mol. The average Bonchev–Trinajstić information content (AvgIpc) is 3.20. The van der Waals surface area contributed by atoms with Crippen molar-refractivity contribution in [2.75, 3.05) is 111 Å². The Hall–Kier alpha value is -3.38. The van der Waals surface area contributed by atoms with E-state index in [9.17, 15) is 10.1 Å². The van der Waals surface area contributed by atoms with Crippen molar-refractivity contribution >= 4 is 33.0 Å². The van der Waals surface area contributed by atoms with Gasteiger partial charge in [0, 0.05) is 115 Å². The summed E-state index contributed by atoms with van der Waals surface area (Å²) in [5.74, 6) is 0. The van der Waals surface area contributed by atoms with Gasteiger partial charge in [-0.2, -0.15) is 0 Å². The van der Waals surface area contributed by atoms with Gasteiger partial charge >= 0.3 is 0 Å². The number of nitrogen functional groups attached to an aromatic ring is 1. The van der Waals surface area contributed by atoms with Crippen molar-refractivity contribution in [3.05, 3.63) is 99.6 Å². The molecule has 55 heavy (non-hydrogen) atoms. The molecule has 0 aliphatic carbocycles. The third-order valence-corrected chi connectivity index (χ3v) is 9.65. The first-order chi connectivity index (χ1) is 26.6. The highest BCUT2D eigenvalue weighted by Gasteiger charge is 2.16. The monoisotopic (exact) mass is 837 g/mol. The SMILES string of the molecule is CN1CCN(Cc2ccc(N(OOO)OOOO)cc2)CC1.CN1CCN(Cc2ccc(N)cc2)CC1.CN1CCNCC1.O=[N+]([O-])c1ccc(CBr)cc1. The van der Waals surface area contributed by atoms with Gasteiger partial charge in [-0.15, -0.1) is 0 Å². The van der Waals surface area contributed by atoms with E-state index in [1.165, 1.54) is 57.0 Å². The van der Waals surface area contributed by atoms with E-state index in [0.717, 1.165) is 74.5 Å². The van der Waals surface area contributed by atoms with Crippen LogP contribution in [0.2, 0.25) is 0 Å². The van der Waals surface area contributed by atoms with Crippen LogP contribution in [0.4, 0.5) is 17.1 Å². The molecular formula is C36H56BrN9O9. The molecule has 18 nitrogen and oxygen atoms in total. The van der Waals surface area contributed by atoms with Gasteiger partial charge < -0.3 is 25.8 Å². The number of nitro benzene ring substituents is 1. The molecule has 0 unspecified atom stereocenters. The molecule has 3 aliphatic rings. The van der Waals surface area contributed by atoms with Gasteiger partial charge in [0.25, 0.3) is 5.69 Å². The molecule has 0 atom stereocenters. The van der Waals surface area contributed by atoms with E-state index in [2.05, 4.69) is 104 Å². The third-order valence-electron chi connectivity index (χ3n) is 9.00. The predicted octanol–water partition coefficient (Wildman–Crippen LogP) is 3.87. The zero-order valence-corrected chi connectivity index (χ0v) is 33.5. The summed E-state index contributed by atoms with van der Waals surface area (Å²) in [5, 5.41) is 41.6. The lowest BCUT2D eigenvalue weighted by molar-refractivity contribution is -0.656. The Balaban J connectivity index is 0.000000213. The minimum atomic E-state index is -0.405. The second-order valence-electron chi connectivity index (χ2n) is 13.3. The fourth-order valence-corrected chi connectivity index (χ4v) is 5.90. The summed E-state index contributed by atoms with van der Waals surface area (Å²) in [4.78, 5) is 30.3. The zero-order valence-electron chi connectivity index (χ0n) is 31.9. The number of rotatable bonds is 12. The molecule has 3 fully saturated rings. The fourth-order valence-electron chi connectivity index (χ4n) is 5.53. The van der Waals surface area contributed by atoms with Gasteiger partial charge in [0.05, 0.1) is 4.92 Å². The van der Waals surface area contributed by atoms with Crippen molar-refractivity contribution in [2.45, 2.75) is 18.4 Å².